The maximum atomic E-state index is 9.36. The van der Waals surface area contributed by atoms with E-state index in [0.29, 0.717) is 6.10 Å². The average Bonchev–Trinajstić information content (AvgIpc) is 2.83. The fourth-order valence-corrected chi connectivity index (χ4v) is 2.05. The molecular weight excluding hydrogens is 206 g/mol. The van der Waals surface area contributed by atoms with Gasteiger partial charge in [0.1, 0.15) is 0 Å². The van der Waals surface area contributed by atoms with Crippen molar-refractivity contribution in [2.75, 3.05) is 33.5 Å². The Kier molecular flexibility index (Phi) is 6.28. The summed E-state index contributed by atoms with van der Waals surface area (Å²) >= 11 is 0. The van der Waals surface area contributed by atoms with Crippen LogP contribution in [0.2, 0.25) is 0 Å². The van der Waals surface area contributed by atoms with Gasteiger partial charge in [0.2, 0.25) is 0 Å². The zero-order valence-corrected chi connectivity index (χ0v) is 10.5. The fraction of sp³-hybridized carbons (Fsp3) is 1.00. The third-order valence-electron chi connectivity index (χ3n) is 3.55. The highest BCUT2D eigenvalue weighted by Crippen LogP contribution is 2.17. The molecule has 2 unspecified atom stereocenters. The summed E-state index contributed by atoms with van der Waals surface area (Å²) in [7, 11) is 1.91. The lowest BCUT2D eigenvalue weighted by Gasteiger charge is -2.30. The molecule has 0 aromatic rings. The Labute approximate surface area is 98.3 Å². The summed E-state index contributed by atoms with van der Waals surface area (Å²) in [4.78, 5) is 0. The molecule has 1 heterocycles. The standard InChI is InChI=1S/C12H25NO3/c1-3-12(10-14,13-2)6-4-7-16-11-5-8-15-9-11/h11,13-14H,3-10H2,1-2H3. The van der Waals surface area contributed by atoms with Crippen molar-refractivity contribution in [3.05, 3.63) is 0 Å². The highest BCUT2D eigenvalue weighted by Gasteiger charge is 2.24. The van der Waals surface area contributed by atoms with Gasteiger partial charge >= 0.3 is 0 Å². The van der Waals surface area contributed by atoms with Gasteiger partial charge in [0.05, 0.1) is 19.3 Å². The van der Waals surface area contributed by atoms with Gasteiger partial charge in [-0.1, -0.05) is 6.92 Å². The molecule has 4 nitrogen and oxygen atoms in total. The summed E-state index contributed by atoms with van der Waals surface area (Å²) in [5.74, 6) is 0. The minimum atomic E-state index is -0.129. The summed E-state index contributed by atoms with van der Waals surface area (Å²) in [5.41, 5.74) is -0.129. The van der Waals surface area contributed by atoms with Gasteiger partial charge in [-0.3, -0.25) is 0 Å². The van der Waals surface area contributed by atoms with Crippen LogP contribution < -0.4 is 5.32 Å². The van der Waals surface area contributed by atoms with Crippen LogP contribution in [0, 0.1) is 0 Å². The zero-order chi connectivity index (χ0) is 11.9. The fourth-order valence-electron chi connectivity index (χ4n) is 2.05. The summed E-state index contributed by atoms with van der Waals surface area (Å²) in [6, 6.07) is 0. The molecule has 1 aliphatic heterocycles. The lowest BCUT2D eigenvalue weighted by Crippen LogP contribution is -2.46. The largest absolute Gasteiger partial charge is 0.394 e. The molecule has 96 valence electrons. The summed E-state index contributed by atoms with van der Waals surface area (Å²) < 4.78 is 10.9. The van der Waals surface area contributed by atoms with Crippen molar-refractivity contribution >= 4 is 0 Å². The predicted octanol–water partition coefficient (Wildman–Crippen LogP) is 0.933. The Morgan fingerprint density at radius 2 is 2.38 bits per heavy atom. The van der Waals surface area contributed by atoms with E-state index in [1.165, 1.54) is 0 Å². The van der Waals surface area contributed by atoms with Crippen molar-refractivity contribution in [2.24, 2.45) is 0 Å². The minimum absolute atomic E-state index is 0.129. The number of nitrogens with one attached hydrogen (secondary N) is 1. The number of ether oxygens (including phenoxy) is 2. The molecule has 1 saturated heterocycles. The molecule has 0 saturated carbocycles. The first-order valence-electron chi connectivity index (χ1n) is 6.25. The number of hydrogen-bond donors (Lipinski definition) is 2. The highest BCUT2D eigenvalue weighted by atomic mass is 16.5. The number of aliphatic hydroxyl groups excluding tert-OH is 1. The Morgan fingerprint density at radius 3 is 2.88 bits per heavy atom. The van der Waals surface area contributed by atoms with Crippen LogP contribution in [0.4, 0.5) is 0 Å². The van der Waals surface area contributed by atoms with Crippen molar-refractivity contribution in [2.45, 2.75) is 44.2 Å². The molecule has 4 heteroatoms. The molecule has 1 aliphatic rings. The van der Waals surface area contributed by atoms with Crippen molar-refractivity contribution < 1.29 is 14.6 Å². The lowest BCUT2D eigenvalue weighted by atomic mass is 9.92. The second-order valence-corrected chi connectivity index (χ2v) is 4.50. The smallest absolute Gasteiger partial charge is 0.0830 e. The third kappa shape index (κ3) is 4.01. The van der Waals surface area contributed by atoms with Crippen LogP contribution in [-0.2, 0) is 9.47 Å². The summed E-state index contributed by atoms with van der Waals surface area (Å²) in [6.07, 6.45) is 4.17. The van der Waals surface area contributed by atoms with Gasteiger partial charge < -0.3 is 19.9 Å². The SMILES string of the molecule is CCC(CO)(CCCOC1CCOC1)NC. The third-order valence-corrected chi connectivity index (χ3v) is 3.55. The molecule has 0 amide bonds. The van der Waals surface area contributed by atoms with E-state index in [-0.39, 0.29) is 12.1 Å². The average molecular weight is 231 g/mol. The van der Waals surface area contributed by atoms with Gasteiger partial charge in [-0.15, -0.1) is 0 Å². The maximum absolute atomic E-state index is 9.36. The molecular formula is C12H25NO3. The van der Waals surface area contributed by atoms with E-state index >= 15 is 0 Å². The molecule has 0 aromatic heterocycles. The van der Waals surface area contributed by atoms with Crippen LogP contribution in [0.15, 0.2) is 0 Å². The van der Waals surface area contributed by atoms with Crippen LogP contribution in [0.5, 0.6) is 0 Å². The van der Waals surface area contributed by atoms with E-state index in [0.717, 1.165) is 45.5 Å². The Hall–Kier alpha value is -0.160. The van der Waals surface area contributed by atoms with Gasteiger partial charge in [0.25, 0.3) is 0 Å². The molecule has 0 bridgehead atoms. The van der Waals surface area contributed by atoms with Crippen molar-refractivity contribution in [1.29, 1.82) is 0 Å². The van der Waals surface area contributed by atoms with Crippen molar-refractivity contribution in [1.82, 2.24) is 5.32 Å². The van der Waals surface area contributed by atoms with Gasteiger partial charge in [0.15, 0.2) is 0 Å². The van der Waals surface area contributed by atoms with E-state index in [1.54, 1.807) is 0 Å². The Morgan fingerprint density at radius 1 is 1.56 bits per heavy atom. The van der Waals surface area contributed by atoms with E-state index < -0.39 is 0 Å². The van der Waals surface area contributed by atoms with Crippen LogP contribution in [0.3, 0.4) is 0 Å². The van der Waals surface area contributed by atoms with Gasteiger partial charge in [-0.2, -0.15) is 0 Å². The lowest BCUT2D eigenvalue weighted by molar-refractivity contribution is 0.0349. The topological polar surface area (TPSA) is 50.7 Å². The first-order valence-corrected chi connectivity index (χ1v) is 6.25. The molecule has 0 radical (unpaired) electrons. The number of aliphatic hydroxyl groups is 1. The number of likely N-dealkylation sites (N-methyl/N-ethyl adjacent to an activating group) is 1. The van der Waals surface area contributed by atoms with E-state index in [9.17, 15) is 5.11 Å². The zero-order valence-electron chi connectivity index (χ0n) is 10.5. The maximum Gasteiger partial charge on any atom is 0.0830 e. The highest BCUT2D eigenvalue weighted by molar-refractivity contribution is 4.84. The van der Waals surface area contributed by atoms with E-state index in [2.05, 4.69) is 12.2 Å². The minimum Gasteiger partial charge on any atom is -0.394 e. The van der Waals surface area contributed by atoms with Crippen molar-refractivity contribution in [3.63, 3.8) is 0 Å². The molecule has 1 fully saturated rings. The van der Waals surface area contributed by atoms with Crippen LogP contribution in [-0.4, -0.2) is 50.2 Å². The van der Waals surface area contributed by atoms with Crippen LogP contribution >= 0.6 is 0 Å². The molecule has 2 atom stereocenters. The summed E-state index contributed by atoms with van der Waals surface area (Å²) in [6.45, 7) is 4.62. The normalized spacial score (nSPS) is 24.6. The van der Waals surface area contributed by atoms with Gasteiger partial charge in [-0.05, 0) is 32.7 Å². The first-order chi connectivity index (χ1) is 7.76. The van der Waals surface area contributed by atoms with E-state index in [4.69, 9.17) is 9.47 Å². The van der Waals surface area contributed by atoms with E-state index in [1.807, 2.05) is 7.05 Å². The monoisotopic (exact) mass is 231 g/mol. The van der Waals surface area contributed by atoms with Crippen LogP contribution in [0.25, 0.3) is 0 Å². The van der Waals surface area contributed by atoms with Gasteiger partial charge in [0, 0.05) is 18.8 Å². The first kappa shape index (κ1) is 13.9. The van der Waals surface area contributed by atoms with Crippen LogP contribution in [0.1, 0.15) is 32.6 Å². The molecule has 0 aliphatic carbocycles. The second-order valence-electron chi connectivity index (χ2n) is 4.50. The number of rotatable bonds is 8. The molecule has 0 spiro atoms. The molecule has 2 N–H and O–H groups in total. The predicted molar refractivity (Wildman–Crippen MR) is 63.6 cm³/mol. The molecule has 1 rings (SSSR count). The second kappa shape index (κ2) is 7.22. The summed E-state index contributed by atoms with van der Waals surface area (Å²) in [5, 5.41) is 12.6. The quantitative estimate of drug-likeness (QED) is 0.610. The Bertz CT molecular complexity index is 169. The Balaban J connectivity index is 2.12. The number of hydrogen-bond acceptors (Lipinski definition) is 4. The molecule has 16 heavy (non-hydrogen) atoms. The van der Waals surface area contributed by atoms with Gasteiger partial charge in [-0.25, -0.2) is 0 Å². The van der Waals surface area contributed by atoms with Crippen molar-refractivity contribution in [3.8, 4) is 0 Å². The molecule has 0 aromatic carbocycles.